The van der Waals surface area contributed by atoms with Crippen molar-refractivity contribution in [3.8, 4) is 0 Å². The Morgan fingerprint density at radius 1 is 1.14 bits per heavy atom. The number of aryl methyl sites for hydroxylation is 3. The highest BCUT2D eigenvalue weighted by Gasteiger charge is 2.15. The smallest absolute Gasteiger partial charge is 0.337 e. The highest BCUT2D eigenvalue weighted by atomic mass is 16.4. The Kier molecular flexibility index (Phi) is 4.11. The second-order valence-electron chi connectivity index (χ2n) is 6.22. The quantitative estimate of drug-likeness (QED) is 0.475. The van der Waals surface area contributed by atoms with E-state index in [9.17, 15) is 9.90 Å². The maximum Gasteiger partial charge on any atom is 0.337 e. The largest absolute Gasteiger partial charge is 0.478 e. The molecule has 0 spiro atoms. The molecule has 0 aliphatic carbocycles. The van der Waals surface area contributed by atoms with Crippen LogP contribution < -0.4 is 10.6 Å². The number of anilines is 4. The molecule has 4 heterocycles. The minimum Gasteiger partial charge on any atom is -0.478 e. The fourth-order valence-corrected chi connectivity index (χ4v) is 2.71. The van der Waals surface area contributed by atoms with Crippen molar-refractivity contribution in [2.75, 3.05) is 10.6 Å². The van der Waals surface area contributed by atoms with Crippen molar-refractivity contribution < 1.29 is 9.90 Å². The molecule has 4 aromatic heterocycles. The third kappa shape index (κ3) is 3.20. The zero-order valence-electron chi connectivity index (χ0n) is 15.4. The Morgan fingerprint density at radius 2 is 1.96 bits per heavy atom. The topological polar surface area (TPSA) is 136 Å². The normalized spacial score (nSPS) is 11.0. The lowest BCUT2D eigenvalue weighted by Gasteiger charge is -2.07. The second-order valence-corrected chi connectivity index (χ2v) is 6.22. The van der Waals surface area contributed by atoms with Gasteiger partial charge in [-0.15, -0.1) is 0 Å². The van der Waals surface area contributed by atoms with Crippen LogP contribution in [0.1, 0.15) is 16.1 Å². The van der Waals surface area contributed by atoms with Gasteiger partial charge in [-0.25, -0.2) is 14.5 Å². The number of nitrogens with zero attached hydrogens (tertiary/aromatic N) is 7. The number of carbonyl (C=O) groups is 1. The summed E-state index contributed by atoms with van der Waals surface area (Å²) >= 11 is 0. The number of hydrogen-bond donors (Lipinski definition) is 3. The molecule has 4 rings (SSSR count). The van der Waals surface area contributed by atoms with E-state index in [1.165, 1.54) is 12.3 Å². The minimum absolute atomic E-state index is 0.0903. The summed E-state index contributed by atoms with van der Waals surface area (Å²) in [6.07, 6.45) is 6.46. The van der Waals surface area contributed by atoms with Gasteiger partial charge in [0.1, 0.15) is 0 Å². The summed E-state index contributed by atoms with van der Waals surface area (Å²) in [4.78, 5) is 24.2. The van der Waals surface area contributed by atoms with Gasteiger partial charge >= 0.3 is 5.97 Å². The SMILES string of the molecule is Cc1ncc(C(=O)O)cc1Nc1nn(C)c2nc(Nc3cnn(C)c3)ncc12. The van der Waals surface area contributed by atoms with Gasteiger partial charge in [0.15, 0.2) is 11.5 Å². The monoisotopic (exact) mass is 379 g/mol. The first-order valence-corrected chi connectivity index (χ1v) is 8.33. The third-order valence-electron chi connectivity index (χ3n) is 4.13. The molecule has 0 saturated carbocycles. The molecular weight excluding hydrogens is 362 g/mol. The Bertz CT molecular complexity index is 1190. The van der Waals surface area contributed by atoms with Crippen LogP contribution in [-0.2, 0) is 14.1 Å². The van der Waals surface area contributed by atoms with E-state index in [0.717, 1.165) is 5.69 Å². The van der Waals surface area contributed by atoms with Crippen molar-refractivity contribution in [2.45, 2.75) is 6.92 Å². The van der Waals surface area contributed by atoms with E-state index >= 15 is 0 Å². The average molecular weight is 379 g/mol. The lowest BCUT2D eigenvalue weighted by Crippen LogP contribution is -2.02. The molecule has 142 valence electrons. The van der Waals surface area contributed by atoms with Crippen molar-refractivity contribution in [3.05, 3.63) is 42.1 Å². The van der Waals surface area contributed by atoms with E-state index in [1.807, 2.05) is 13.2 Å². The number of carboxylic acids is 1. The molecule has 0 aliphatic rings. The van der Waals surface area contributed by atoms with Crippen LogP contribution in [0.4, 0.5) is 23.1 Å². The van der Waals surface area contributed by atoms with Gasteiger partial charge in [-0.05, 0) is 13.0 Å². The van der Waals surface area contributed by atoms with E-state index in [2.05, 4.69) is 35.8 Å². The fourth-order valence-electron chi connectivity index (χ4n) is 2.71. The van der Waals surface area contributed by atoms with Crippen molar-refractivity contribution in [1.82, 2.24) is 34.5 Å². The van der Waals surface area contributed by atoms with Crippen LogP contribution in [-0.4, -0.2) is 45.6 Å². The highest BCUT2D eigenvalue weighted by Crippen LogP contribution is 2.26. The van der Waals surface area contributed by atoms with Gasteiger partial charge in [0.25, 0.3) is 0 Å². The van der Waals surface area contributed by atoms with E-state index in [0.29, 0.717) is 34.2 Å². The lowest BCUT2D eigenvalue weighted by atomic mass is 10.2. The number of aromatic carboxylic acids is 1. The van der Waals surface area contributed by atoms with Crippen LogP contribution >= 0.6 is 0 Å². The first-order chi connectivity index (χ1) is 13.4. The Balaban J connectivity index is 1.67. The molecule has 3 N–H and O–H groups in total. The molecule has 0 atom stereocenters. The molecule has 0 bridgehead atoms. The Labute approximate surface area is 159 Å². The molecule has 11 nitrogen and oxygen atoms in total. The van der Waals surface area contributed by atoms with Crippen LogP contribution in [0.15, 0.2) is 30.9 Å². The molecule has 0 fully saturated rings. The van der Waals surface area contributed by atoms with Gasteiger partial charge in [-0.1, -0.05) is 0 Å². The zero-order chi connectivity index (χ0) is 19.8. The van der Waals surface area contributed by atoms with E-state index in [-0.39, 0.29) is 5.56 Å². The van der Waals surface area contributed by atoms with Gasteiger partial charge in [0.2, 0.25) is 5.95 Å². The van der Waals surface area contributed by atoms with Crippen molar-refractivity contribution >= 4 is 40.1 Å². The van der Waals surface area contributed by atoms with Crippen molar-refractivity contribution in [1.29, 1.82) is 0 Å². The minimum atomic E-state index is -1.05. The van der Waals surface area contributed by atoms with Crippen LogP contribution in [0.5, 0.6) is 0 Å². The summed E-state index contributed by atoms with van der Waals surface area (Å²) in [6.45, 7) is 1.78. The summed E-state index contributed by atoms with van der Waals surface area (Å²) in [5, 5.41) is 24.6. The maximum atomic E-state index is 11.2. The molecule has 0 radical (unpaired) electrons. The van der Waals surface area contributed by atoms with E-state index in [1.54, 1.807) is 35.7 Å². The average Bonchev–Trinajstić information content (AvgIpc) is 3.20. The Morgan fingerprint density at radius 3 is 2.68 bits per heavy atom. The lowest BCUT2D eigenvalue weighted by molar-refractivity contribution is 0.0696. The number of rotatable bonds is 5. The summed E-state index contributed by atoms with van der Waals surface area (Å²) in [5.41, 5.74) is 2.68. The predicted molar refractivity (Wildman–Crippen MR) is 102 cm³/mol. The maximum absolute atomic E-state index is 11.2. The first kappa shape index (κ1) is 17.4. The van der Waals surface area contributed by atoms with Gasteiger partial charge in [0.05, 0.1) is 34.2 Å². The molecule has 28 heavy (non-hydrogen) atoms. The molecule has 0 aromatic carbocycles. The van der Waals surface area contributed by atoms with Crippen LogP contribution in [0.2, 0.25) is 0 Å². The molecule has 0 amide bonds. The second kappa shape index (κ2) is 6.61. The standard InChI is InChI=1S/C17H17N9O2/c1-9-13(4-10(5-18-9)16(27)28)22-14-12-7-19-17(23-15(12)26(3)24-14)21-11-6-20-25(2)8-11/h4-8H,1-3H3,(H,22,24)(H,27,28)(H,19,21,23). The summed E-state index contributed by atoms with van der Waals surface area (Å²) < 4.78 is 3.30. The number of hydrogen-bond acceptors (Lipinski definition) is 8. The molecule has 11 heteroatoms. The third-order valence-corrected chi connectivity index (χ3v) is 4.13. The van der Waals surface area contributed by atoms with Gasteiger partial charge in [-0.3, -0.25) is 9.67 Å². The van der Waals surface area contributed by atoms with Crippen LogP contribution in [0.3, 0.4) is 0 Å². The van der Waals surface area contributed by atoms with Crippen molar-refractivity contribution in [2.24, 2.45) is 14.1 Å². The predicted octanol–water partition coefficient (Wildman–Crippen LogP) is 1.99. The van der Waals surface area contributed by atoms with Gasteiger partial charge < -0.3 is 15.7 Å². The molecule has 0 aliphatic heterocycles. The van der Waals surface area contributed by atoms with Crippen LogP contribution in [0.25, 0.3) is 11.0 Å². The number of fused-ring (bicyclic) bond motifs is 1. The van der Waals surface area contributed by atoms with Crippen LogP contribution in [0, 0.1) is 6.92 Å². The van der Waals surface area contributed by atoms with Crippen molar-refractivity contribution in [3.63, 3.8) is 0 Å². The number of aromatic nitrogens is 7. The zero-order valence-corrected chi connectivity index (χ0v) is 15.4. The highest BCUT2D eigenvalue weighted by molar-refractivity contribution is 5.92. The molecule has 0 unspecified atom stereocenters. The Hall–Kier alpha value is -4.02. The number of pyridine rings is 1. The molecule has 4 aromatic rings. The summed E-state index contributed by atoms with van der Waals surface area (Å²) in [7, 11) is 3.59. The summed E-state index contributed by atoms with van der Waals surface area (Å²) in [5.74, 6) is -0.116. The van der Waals surface area contributed by atoms with Gasteiger partial charge in [0, 0.05) is 32.7 Å². The number of nitrogens with one attached hydrogen (secondary N) is 2. The number of carboxylic acid groups (broad SMARTS) is 1. The fraction of sp³-hybridized carbons (Fsp3) is 0.176. The first-order valence-electron chi connectivity index (χ1n) is 8.33. The van der Waals surface area contributed by atoms with E-state index < -0.39 is 5.97 Å². The van der Waals surface area contributed by atoms with Gasteiger partial charge in [-0.2, -0.15) is 15.2 Å². The molecular formula is C17H17N9O2. The summed E-state index contributed by atoms with van der Waals surface area (Å²) in [6, 6.07) is 1.52. The molecule has 0 saturated heterocycles. The van der Waals surface area contributed by atoms with E-state index in [4.69, 9.17) is 0 Å².